The first-order valence-electron chi connectivity index (χ1n) is 5.73. The molecule has 1 heterocycles. The number of anilines is 1. The van der Waals surface area contributed by atoms with Gasteiger partial charge in [-0.2, -0.15) is 0 Å². The molecule has 0 bridgehead atoms. The molecule has 0 spiro atoms. The van der Waals surface area contributed by atoms with Crippen molar-refractivity contribution in [2.45, 2.75) is 32.7 Å². The minimum atomic E-state index is 0.614. The van der Waals surface area contributed by atoms with E-state index in [0.717, 1.165) is 13.1 Å². The van der Waals surface area contributed by atoms with Crippen molar-refractivity contribution in [3.63, 3.8) is 0 Å². The molecule has 0 saturated carbocycles. The Morgan fingerprint density at radius 3 is 2.67 bits per heavy atom. The third kappa shape index (κ3) is 2.51. The fourth-order valence-corrected chi connectivity index (χ4v) is 2.02. The van der Waals surface area contributed by atoms with E-state index >= 15 is 0 Å². The fraction of sp³-hybridized carbons (Fsp3) is 0.538. The van der Waals surface area contributed by atoms with Crippen molar-refractivity contribution in [1.82, 2.24) is 5.32 Å². The summed E-state index contributed by atoms with van der Waals surface area (Å²) in [5.74, 6) is 0. The van der Waals surface area contributed by atoms with E-state index in [1.165, 1.54) is 29.7 Å². The summed E-state index contributed by atoms with van der Waals surface area (Å²) in [6.45, 7) is 6.38. The van der Waals surface area contributed by atoms with Crippen molar-refractivity contribution < 1.29 is 0 Å². The van der Waals surface area contributed by atoms with Crippen molar-refractivity contribution in [3.8, 4) is 0 Å². The Hall–Kier alpha value is -1.02. The quantitative estimate of drug-likeness (QED) is 0.785. The van der Waals surface area contributed by atoms with E-state index in [0.29, 0.717) is 6.04 Å². The van der Waals surface area contributed by atoms with Crippen molar-refractivity contribution in [1.29, 1.82) is 0 Å². The Balaban J connectivity index is 2.06. The molecule has 1 fully saturated rings. The molecule has 15 heavy (non-hydrogen) atoms. The van der Waals surface area contributed by atoms with E-state index in [4.69, 9.17) is 0 Å². The Kier molecular flexibility index (Phi) is 3.27. The Morgan fingerprint density at radius 1 is 1.20 bits per heavy atom. The van der Waals surface area contributed by atoms with E-state index in [1.54, 1.807) is 0 Å². The zero-order chi connectivity index (χ0) is 10.7. The Labute approximate surface area is 92.1 Å². The van der Waals surface area contributed by atoms with Crippen LogP contribution in [0, 0.1) is 13.8 Å². The topological polar surface area (TPSA) is 26.1 Å². The van der Waals surface area contributed by atoms with Crippen molar-refractivity contribution in [2.75, 3.05) is 18.4 Å². The molecule has 0 unspecified atom stereocenters. The lowest BCUT2D eigenvalue weighted by Crippen LogP contribution is -2.32. The van der Waals surface area contributed by atoms with Gasteiger partial charge in [-0.25, -0.2) is 5.32 Å². The SMILES string of the molecule is Cc1cccc(NC2CC[N]CC2)c1C. The lowest BCUT2D eigenvalue weighted by Gasteiger charge is -2.25. The van der Waals surface area contributed by atoms with Crippen LogP contribution in [0.1, 0.15) is 24.0 Å². The molecule has 2 rings (SSSR count). The van der Waals surface area contributed by atoms with Gasteiger partial charge in [0.2, 0.25) is 0 Å². The van der Waals surface area contributed by atoms with Crippen LogP contribution in [0.25, 0.3) is 0 Å². The summed E-state index contributed by atoms with van der Waals surface area (Å²) in [4.78, 5) is 0. The van der Waals surface area contributed by atoms with Gasteiger partial charge in [-0.05, 0) is 43.9 Å². The van der Waals surface area contributed by atoms with E-state index in [-0.39, 0.29) is 0 Å². The monoisotopic (exact) mass is 203 g/mol. The molecule has 0 atom stereocenters. The molecule has 0 aliphatic carbocycles. The summed E-state index contributed by atoms with van der Waals surface area (Å²) in [5.41, 5.74) is 4.03. The van der Waals surface area contributed by atoms with Crippen LogP contribution >= 0.6 is 0 Å². The third-order valence-corrected chi connectivity index (χ3v) is 3.24. The third-order valence-electron chi connectivity index (χ3n) is 3.24. The average molecular weight is 203 g/mol. The molecule has 2 nitrogen and oxygen atoms in total. The highest BCUT2D eigenvalue weighted by Crippen LogP contribution is 2.20. The molecular weight excluding hydrogens is 184 g/mol. The molecule has 0 amide bonds. The molecule has 1 aromatic carbocycles. The first-order valence-corrected chi connectivity index (χ1v) is 5.73. The highest BCUT2D eigenvalue weighted by Gasteiger charge is 2.13. The molecule has 1 radical (unpaired) electrons. The molecule has 2 heteroatoms. The second kappa shape index (κ2) is 4.67. The maximum atomic E-state index is 4.37. The predicted molar refractivity (Wildman–Crippen MR) is 64.4 cm³/mol. The fourth-order valence-electron chi connectivity index (χ4n) is 2.02. The Bertz CT molecular complexity index is 327. The van der Waals surface area contributed by atoms with Crippen LogP contribution in [-0.2, 0) is 0 Å². The zero-order valence-electron chi connectivity index (χ0n) is 9.59. The normalized spacial score (nSPS) is 17.7. The number of rotatable bonds is 2. The van der Waals surface area contributed by atoms with E-state index < -0.39 is 0 Å². The van der Waals surface area contributed by atoms with Crippen LogP contribution in [0.2, 0.25) is 0 Å². The summed E-state index contributed by atoms with van der Waals surface area (Å²) in [6.07, 6.45) is 2.35. The number of piperidine rings is 1. The second-order valence-corrected chi connectivity index (χ2v) is 4.34. The lowest BCUT2D eigenvalue weighted by atomic mass is 10.0. The summed E-state index contributed by atoms with van der Waals surface area (Å²) in [7, 11) is 0. The summed E-state index contributed by atoms with van der Waals surface area (Å²) >= 11 is 0. The van der Waals surface area contributed by atoms with Gasteiger partial charge in [0.05, 0.1) is 0 Å². The van der Waals surface area contributed by atoms with Gasteiger partial charge in [-0.3, -0.25) is 0 Å². The van der Waals surface area contributed by atoms with Gasteiger partial charge < -0.3 is 5.32 Å². The van der Waals surface area contributed by atoms with Gasteiger partial charge >= 0.3 is 0 Å². The molecule has 1 saturated heterocycles. The maximum absolute atomic E-state index is 4.37. The van der Waals surface area contributed by atoms with Gasteiger partial charge in [0.25, 0.3) is 0 Å². The minimum absolute atomic E-state index is 0.614. The number of hydrogen-bond donors (Lipinski definition) is 1. The van der Waals surface area contributed by atoms with Gasteiger partial charge in [0.1, 0.15) is 0 Å². The van der Waals surface area contributed by atoms with E-state index in [2.05, 4.69) is 42.7 Å². The van der Waals surface area contributed by atoms with Crippen molar-refractivity contribution >= 4 is 5.69 Å². The van der Waals surface area contributed by atoms with E-state index in [9.17, 15) is 0 Å². The largest absolute Gasteiger partial charge is 0.382 e. The maximum Gasteiger partial charge on any atom is 0.0374 e. The smallest absolute Gasteiger partial charge is 0.0374 e. The zero-order valence-corrected chi connectivity index (χ0v) is 9.59. The van der Waals surface area contributed by atoms with Crippen LogP contribution in [-0.4, -0.2) is 19.1 Å². The lowest BCUT2D eigenvalue weighted by molar-refractivity contribution is 0.471. The first kappa shape index (κ1) is 10.5. The number of hydrogen-bond acceptors (Lipinski definition) is 1. The number of nitrogens with one attached hydrogen (secondary N) is 1. The van der Waals surface area contributed by atoms with Gasteiger partial charge in [-0.15, -0.1) is 0 Å². The Morgan fingerprint density at radius 2 is 1.93 bits per heavy atom. The summed E-state index contributed by atoms with van der Waals surface area (Å²) in [5, 5.41) is 8.00. The first-order chi connectivity index (χ1) is 7.27. The van der Waals surface area contributed by atoms with Crippen molar-refractivity contribution in [3.05, 3.63) is 29.3 Å². The van der Waals surface area contributed by atoms with Gasteiger partial charge in [0, 0.05) is 24.8 Å². The summed E-state index contributed by atoms with van der Waals surface area (Å²) in [6, 6.07) is 7.07. The number of aryl methyl sites for hydroxylation is 1. The number of benzene rings is 1. The van der Waals surface area contributed by atoms with Crippen LogP contribution in [0.4, 0.5) is 5.69 Å². The molecule has 1 aliphatic heterocycles. The standard InChI is InChI=1S/C13H19N2/c1-10-4-3-5-13(11(10)2)15-12-6-8-14-9-7-12/h3-5,12,15H,6-9H2,1-2H3. The highest BCUT2D eigenvalue weighted by molar-refractivity contribution is 5.54. The molecule has 1 N–H and O–H groups in total. The van der Waals surface area contributed by atoms with E-state index in [1.807, 2.05) is 0 Å². The molecule has 0 aromatic heterocycles. The minimum Gasteiger partial charge on any atom is -0.382 e. The number of nitrogens with zero attached hydrogens (tertiary/aromatic N) is 1. The summed E-state index contributed by atoms with van der Waals surface area (Å²) < 4.78 is 0. The van der Waals surface area contributed by atoms with Crippen molar-refractivity contribution in [2.24, 2.45) is 0 Å². The van der Waals surface area contributed by atoms with Crippen LogP contribution in [0.3, 0.4) is 0 Å². The van der Waals surface area contributed by atoms with Gasteiger partial charge in [-0.1, -0.05) is 12.1 Å². The molecule has 81 valence electrons. The predicted octanol–water partition coefficient (Wildman–Crippen LogP) is 2.48. The van der Waals surface area contributed by atoms with Crippen LogP contribution < -0.4 is 10.6 Å². The molecule has 1 aliphatic rings. The van der Waals surface area contributed by atoms with Gasteiger partial charge in [0.15, 0.2) is 0 Å². The molecular formula is C13H19N2. The highest BCUT2D eigenvalue weighted by atomic mass is 15.0. The second-order valence-electron chi connectivity index (χ2n) is 4.34. The average Bonchev–Trinajstić information content (AvgIpc) is 2.26. The van der Waals surface area contributed by atoms with Crippen LogP contribution in [0.5, 0.6) is 0 Å². The molecule has 1 aromatic rings. The van der Waals surface area contributed by atoms with Crippen LogP contribution in [0.15, 0.2) is 18.2 Å².